The smallest absolute Gasteiger partial charge is 0.726 e. The van der Waals surface area contributed by atoms with E-state index in [1.807, 2.05) is 6.92 Å². The van der Waals surface area contributed by atoms with Gasteiger partial charge in [0.15, 0.2) is 0 Å². The van der Waals surface area contributed by atoms with Crippen LogP contribution in [0.15, 0.2) is 0 Å². The van der Waals surface area contributed by atoms with E-state index in [9.17, 15) is 38.9 Å². The summed E-state index contributed by atoms with van der Waals surface area (Å²) < 4.78 is 120. The molecule has 0 spiro atoms. The molecule has 4 fully saturated rings. The maximum Gasteiger partial charge on any atom is 1.00 e. The minimum atomic E-state index is -5.34. The van der Waals surface area contributed by atoms with Crippen LogP contribution in [-0.4, -0.2) is 57.2 Å². The molecule has 0 heterocycles. The molecule has 18 heteroatoms. The number of rotatable bonds is 11. The molecule has 0 amide bonds. The average Bonchev–Trinajstić information content (AvgIpc) is 3.18. The second-order valence-corrected chi connectivity index (χ2v) is 17.8. The molecule has 0 radical (unpaired) electrons. The fourth-order valence-corrected chi connectivity index (χ4v) is 11.6. The monoisotopic (exact) mass is 740 g/mol. The minimum absolute atomic E-state index is 0. The topological polar surface area (TPSA) is 199 Å². The number of hydrogen-bond donors (Lipinski definition) is 0. The van der Waals surface area contributed by atoms with Gasteiger partial charge in [-0.05, 0) is 103 Å². The summed E-state index contributed by atoms with van der Waals surface area (Å²) in [4.78, 5) is 0. The second-order valence-electron chi connectivity index (χ2n) is 14.8. The molecule has 4 saturated carbocycles. The van der Waals surface area contributed by atoms with Crippen molar-refractivity contribution in [2.45, 2.75) is 118 Å². The van der Waals surface area contributed by atoms with Gasteiger partial charge in [0.05, 0.1) is 6.10 Å². The molecule has 0 N–H and O–H groups in total. The van der Waals surface area contributed by atoms with E-state index in [1.54, 1.807) is 0 Å². The van der Waals surface area contributed by atoms with Crippen LogP contribution in [0.1, 0.15) is 99.3 Å². The first kappa shape index (κ1) is 46.6. The summed E-state index contributed by atoms with van der Waals surface area (Å²) in [5.74, 6) is 1.52. The van der Waals surface area contributed by atoms with E-state index in [2.05, 4.69) is 38.8 Å². The Morgan fingerprint density at radius 1 is 0.652 bits per heavy atom. The molecule has 12 nitrogen and oxygen atoms in total. The normalized spacial score (nSPS) is 39.0. The van der Waals surface area contributed by atoms with E-state index in [1.165, 1.54) is 0 Å². The van der Waals surface area contributed by atoms with E-state index in [4.69, 9.17) is 8.37 Å². The Labute approximate surface area is 343 Å². The summed E-state index contributed by atoms with van der Waals surface area (Å²) in [6.07, 6.45) is 1.22. The molecule has 4 rings (SSSR count). The third-order valence-electron chi connectivity index (χ3n) is 12.3. The van der Waals surface area contributed by atoms with Gasteiger partial charge in [-0.25, -0.2) is 25.3 Å². The van der Waals surface area contributed by atoms with Gasteiger partial charge in [0, 0.05) is 0 Å². The van der Waals surface area contributed by atoms with E-state index in [0.717, 1.165) is 38.5 Å². The van der Waals surface area contributed by atoms with Gasteiger partial charge in [-0.1, -0.05) is 54.4 Å². The van der Waals surface area contributed by atoms with Gasteiger partial charge >= 0.3 is 88.7 Å². The van der Waals surface area contributed by atoms with Crippen molar-refractivity contribution in [1.82, 2.24) is 0 Å². The zero-order valence-corrected chi connectivity index (χ0v) is 37.3. The number of fused-ring (bicyclic) bond motifs is 5. The summed E-state index contributed by atoms with van der Waals surface area (Å²) in [6, 6.07) is 0. The minimum Gasteiger partial charge on any atom is -0.726 e. The third-order valence-corrected chi connectivity index (χ3v) is 13.8. The fraction of sp³-hybridized carbons (Fsp3) is 1.00. The Morgan fingerprint density at radius 2 is 1.15 bits per heavy atom. The predicted molar refractivity (Wildman–Crippen MR) is 152 cm³/mol. The van der Waals surface area contributed by atoms with Gasteiger partial charge in [-0.3, -0.25) is 12.5 Å². The van der Waals surface area contributed by atoms with E-state index < -0.39 is 60.8 Å². The van der Waals surface area contributed by atoms with Gasteiger partial charge in [0.1, 0.15) is 12.2 Å². The molecule has 0 aromatic carbocycles. The van der Waals surface area contributed by atoms with Crippen LogP contribution in [0, 0.1) is 58.2 Å². The first-order chi connectivity index (χ1) is 19.5. The molecular formula is C28H47Na3O12S3. The molecular weight excluding hydrogens is 693 g/mol. The Morgan fingerprint density at radius 3 is 1.67 bits per heavy atom. The van der Waals surface area contributed by atoms with Crippen LogP contribution in [0.25, 0.3) is 0 Å². The van der Waals surface area contributed by atoms with Crippen molar-refractivity contribution in [3.63, 3.8) is 0 Å². The van der Waals surface area contributed by atoms with Crippen LogP contribution in [0.3, 0.4) is 0 Å². The molecule has 0 unspecified atom stereocenters. The van der Waals surface area contributed by atoms with E-state index in [0.29, 0.717) is 23.7 Å². The largest absolute Gasteiger partial charge is 1.00 e. The zero-order chi connectivity index (χ0) is 32.3. The maximum atomic E-state index is 11.9. The summed E-state index contributed by atoms with van der Waals surface area (Å²) in [5.41, 5.74) is -0.908. The van der Waals surface area contributed by atoms with Gasteiger partial charge in [0.2, 0.25) is 31.2 Å². The summed E-state index contributed by atoms with van der Waals surface area (Å²) in [6.45, 7) is 13.2. The molecule has 0 aromatic rings. The number of hydrogen-bond acceptors (Lipinski definition) is 12. The summed E-state index contributed by atoms with van der Waals surface area (Å²) in [7, 11) is -15.8. The molecule has 0 saturated heterocycles. The molecule has 0 aliphatic heterocycles. The van der Waals surface area contributed by atoms with Crippen LogP contribution in [0.5, 0.6) is 0 Å². The fourth-order valence-electron chi connectivity index (χ4n) is 10.1. The molecule has 0 aromatic heterocycles. The van der Waals surface area contributed by atoms with Gasteiger partial charge < -0.3 is 13.7 Å². The standard InChI is InChI=1S/C28H50O12S3.3Na/c1-16(2)17(3)7-8-18(4)20-9-10-21-19-13-24(38-41(29,30)31)23-14-25(39-42(32,33)34)26(40-43(35,36)37)15-28(23,6)22(19)11-12-27(20,21)5;;;/h16-26H,7-15H2,1-6H3,(H,29,30,31)(H,32,33,34)(H,35,36,37);;;/q;3*+1/p-3/t17-,18+,19-,20+,21-,22-,23+,24-,25-,26-,27+,28+;;;/m0.../s1. The van der Waals surface area contributed by atoms with Crippen molar-refractivity contribution in [3.05, 3.63) is 0 Å². The van der Waals surface area contributed by atoms with Crippen molar-refractivity contribution < 1.29 is 140 Å². The zero-order valence-electron chi connectivity index (χ0n) is 28.8. The molecule has 4 aliphatic rings. The maximum absolute atomic E-state index is 11.9. The Balaban J connectivity index is 0.00000353. The SMILES string of the molecule is CC(C)[C@@H](C)CC[C@@H](C)[C@H]1CC[C@H]2[C@@H]3C[C@H](OS(=O)(=O)[O-])[C@H]4C[C@H](OS(=O)(=O)[O-])[C@@H](OS(=O)(=O)[O-])C[C@]4(C)[C@H]3CC[C@]12C.[Na+].[Na+].[Na+]. The van der Waals surface area contributed by atoms with Crippen LogP contribution in [-0.2, 0) is 43.7 Å². The Kier molecular flexibility index (Phi) is 17.4. The second kappa shape index (κ2) is 17.2. The Bertz CT molecular complexity index is 1350. The molecule has 252 valence electrons. The van der Waals surface area contributed by atoms with Crippen molar-refractivity contribution in [2.24, 2.45) is 58.2 Å². The van der Waals surface area contributed by atoms with Gasteiger partial charge in [-0.2, -0.15) is 0 Å². The van der Waals surface area contributed by atoms with Crippen LogP contribution in [0.4, 0.5) is 0 Å². The third kappa shape index (κ3) is 10.8. The van der Waals surface area contributed by atoms with Crippen molar-refractivity contribution >= 4 is 31.2 Å². The van der Waals surface area contributed by atoms with Crippen LogP contribution < -0.4 is 88.7 Å². The van der Waals surface area contributed by atoms with E-state index >= 15 is 0 Å². The quantitative estimate of drug-likeness (QED) is 0.111. The Hall–Kier alpha value is 2.61. The molecule has 0 bridgehead atoms. The van der Waals surface area contributed by atoms with Crippen molar-refractivity contribution in [2.75, 3.05) is 0 Å². The first-order valence-electron chi connectivity index (χ1n) is 15.5. The van der Waals surface area contributed by atoms with Crippen LogP contribution >= 0.6 is 0 Å². The van der Waals surface area contributed by atoms with E-state index in [-0.39, 0.29) is 131 Å². The molecule has 12 atom stereocenters. The molecule has 4 aliphatic carbocycles. The van der Waals surface area contributed by atoms with Crippen molar-refractivity contribution in [1.29, 1.82) is 0 Å². The average molecular weight is 741 g/mol. The van der Waals surface area contributed by atoms with Crippen LogP contribution in [0.2, 0.25) is 0 Å². The summed E-state index contributed by atoms with van der Waals surface area (Å²) >= 11 is 0. The van der Waals surface area contributed by atoms with Gasteiger partial charge in [0.25, 0.3) is 0 Å². The van der Waals surface area contributed by atoms with Crippen molar-refractivity contribution in [3.8, 4) is 0 Å². The predicted octanol–water partition coefficient (Wildman–Crippen LogP) is -4.88. The first-order valence-corrected chi connectivity index (χ1v) is 19.5. The van der Waals surface area contributed by atoms with Gasteiger partial charge in [-0.15, -0.1) is 0 Å². The molecule has 46 heavy (non-hydrogen) atoms. The summed E-state index contributed by atoms with van der Waals surface area (Å²) in [5, 5.41) is 0.